The topological polar surface area (TPSA) is 62.2 Å². The van der Waals surface area contributed by atoms with Crippen LogP contribution < -0.4 is 5.32 Å². The molecule has 0 saturated heterocycles. The lowest BCUT2D eigenvalue weighted by Crippen LogP contribution is -2.25. The van der Waals surface area contributed by atoms with Crippen LogP contribution in [-0.2, 0) is 4.79 Å². The predicted octanol–water partition coefficient (Wildman–Crippen LogP) is 1.81. The molecule has 14 heavy (non-hydrogen) atoms. The Hall–Kier alpha value is -1.00. The van der Waals surface area contributed by atoms with Crippen molar-refractivity contribution in [1.82, 2.24) is 4.98 Å². The van der Waals surface area contributed by atoms with Gasteiger partial charge in [0.05, 0.1) is 0 Å². The van der Waals surface area contributed by atoms with Crippen molar-refractivity contribution in [3.05, 3.63) is 24.4 Å². The molecule has 1 heterocycles. The van der Waals surface area contributed by atoms with Crippen molar-refractivity contribution in [2.75, 3.05) is 5.32 Å². The number of aliphatic carboxylic acids is 1. The van der Waals surface area contributed by atoms with Crippen molar-refractivity contribution in [1.29, 1.82) is 0 Å². The van der Waals surface area contributed by atoms with Crippen LogP contribution in [0.15, 0.2) is 24.4 Å². The van der Waals surface area contributed by atoms with Crippen LogP contribution in [-0.4, -0.2) is 22.1 Å². The third-order valence-corrected chi connectivity index (χ3v) is 1.40. The van der Waals surface area contributed by atoms with Crippen LogP contribution in [0.3, 0.4) is 0 Å². The number of carbonyl (C=O) groups is 1. The van der Waals surface area contributed by atoms with E-state index in [0.29, 0.717) is 5.82 Å². The molecule has 2 N–H and O–H groups in total. The van der Waals surface area contributed by atoms with Gasteiger partial charge in [0.1, 0.15) is 11.9 Å². The molecule has 0 aliphatic rings. The number of nitrogens with zero attached hydrogens (tertiary/aromatic N) is 1. The number of nitrogens with one attached hydrogen (secondary N) is 1. The summed E-state index contributed by atoms with van der Waals surface area (Å²) in [6, 6.07) is 4.68. The van der Waals surface area contributed by atoms with E-state index in [1.54, 1.807) is 31.3 Å². The second-order valence-corrected chi connectivity index (χ2v) is 2.42. The number of carboxylic acid groups (broad SMARTS) is 1. The third-order valence-electron chi connectivity index (χ3n) is 1.40. The molecule has 0 bridgehead atoms. The first-order valence-corrected chi connectivity index (χ1v) is 3.60. The highest BCUT2D eigenvalue weighted by Gasteiger charge is 2.09. The molecule has 6 heteroatoms. The Labute approximate surface area is 94.6 Å². The van der Waals surface area contributed by atoms with E-state index in [1.807, 2.05) is 0 Å². The maximum absolute atomic E-state index is 10.4. The SMILES string of the molecule is CC(Nc1ccccn1)C(=O)O.Cl.Cl. The fourth-order valence-electron chi connectivity index (χ4n) is 0.732. The first kappa shape index (κ1) is 15.5. The Balaban J connectivity index is 0. The van der Waals surface area contributed by atoms with Crippen LogP contribution in [0.25, 0.3) is 0 Å². The van der Waals surface area contributed by atoms with Crippen LogP contribution >= 0.6 is 24.8 Å². The highest BCUT2D eigenvalue weighted by atomic mass is 35.5. The Morgan fingerprint density at radius 1 is 1.50 bits per heavy atom. The molecule has 0 spiro atoms. The second-order valence-electron chi connectivity index (χ2n) is 2.42. The van der Waals surface area contributed by atoms with Crippen molar-refractivity contribution in [3.8, 4) is 0 Å². The minimum atomic E-state index is -0.888. The fourth-order valence-corrected chi connectivity index (χ4v) is 0.732. The molecule has 80 valence electrons. The van der Waals surface area contributed by atoms with E-state index >= 15 is 0 Å². The summed E-state index contributed by atoms with van der Waals surface area (Å²) in [4.78, 5) is 14.3. The van der Waals surface area contributed by atoms with E-state index < -0.39 is 12.0 Å². The summed E-state index contributed by atoms with van der Waals surface area (Å²) < 4.78 is 0. The van der Waals surface area contributed by atoms with Crippen molar-refractivity contribution in [2.24, 2.45) is 0 Å². The largest absolute Gasteiger partial charge is 0.480 e. The minimum Gasteiger partial charge on any atom is -0.480 e. The maximum atomic E-state index is 10.4. The van der Waals surface area contributed by atoms with Crippen LogP contribution in [0.4, 0.5) is 5.82 Å². The van der Waals surface area contributed by atoms with Crippen LogP contribution in [0, 0.1) is 0 Å². The van der Waals surface area contributed by atoms with Crippen molar-refractivity contribution >= 4 is 36.6 Å². The van der Waals surface area contributed by atoms with Crippen molar-refractivity contribution < 1.29 is 9.90 Å². The molecule has 0 saturated carbocycles. The van der Waals surface area contributed by atoms with E-state index in [1.165, 1.54) is 0 Å². The zero-order valence-electron chi connectivity index (χ0n) is 7.51. The number of halogens is 2. The van der Waals surface area contributed by atoms with E-state index in [0.717, 1.165) is 0 Å². The van der Waals surface area contributed by atoms with Gasteiger partial charge in [0.15, 0.2) is 0 Å². The first-order chi connectivity index (χ1) is 5.70. The molecule has 0 aliphatic heterocycles. The monoisotopic (exact) mass is 238 g/mol. The predicted molar refractivity (Wildman–Crippen MR) is 59.5 cm³/mol. The van der Waals surface area contributed by atoms with Gasteiger partial charge >= 0.3 is 5.97 Å². The van der Waals surface area contributed by atoms with Gasteiger partial charge in [0.25, 0.3) is 0 Å². The first-order valence-electron chi connectivity index (χ1n) is 3.60. The van der Waals surface area contributed by atoms with Gasteiger partial charge in [-0.3, -0.25) is 4.79 Å². The number of pyridine rings is 1. The molecule has 1 aromatic heterocycles. The third kappa shape index (κ3) is 4.89. The van der Waals surface area contributed by atoms with E-state index in [-0.39, 0.29) is 24.8 Å². The average Bonchev–Trinajstić information content (AvgIpc) is 2.06. The Morgan fingerprint density at radius 3 is 2.57 bits per heavy atom. The molecule has 0 fully saturated rings. The molecule has 1 aromatic rings. The Bertz CT molecular complexity index is 269. The zero-order chi connectivity index (χ0) is 8.97. The molecule has 1 atom stereocenters. The summed E-state index contributed by atoms with van der Waals surface area (Å²) in [5.74, 6) is -0.312. The normalized spacial score (nSPS) is 10.4. The van der Waals surface area contributed by atoms with Gasteiger partial charge in [0.2, 0.25) is 0 Å². The molecule has 1 unspecified atom stereocenters. The van der Waals surface area contributed by atoms with E-state index in [2.05, 4.69) is 10.3 Å². The highest BCUT2D eigenvalue weighted by molar-refractivity contribution is 5.85. The zero-order valence-corrected chi connectivity index (χ0v) is 9.14. The average molecular weight is 239 g/mol. The van der Waals surface area contributed by atoms with Crippen LogP contribution in [0.2, 0.25) is 0 Å². The Morgan fingerprint density at radius 2 is 2.14 bits per heavy atom. The number of hydrogen-bond acceptors (Lipinski definition) is 3. The van der Waals surface area contributed by atoms with Gasteiger partial charge in [-0.05, 0) is 19.1 Å². The summed E-state index contributed by atoms with van der Waals surface area (Å²) in [5.41, 5.74) is 0. The van der Waals surface area contributed by atoms with E-state index in [4.69, 9.17) is 5.11 Å². The molecule has 1 rings (SSSR count). The summed E-state index contributed by atoms with van der Waals surface area (Å²) in [7, 11) is 0. The number of carboxylic acids is 1. The number of rotatable bonds is 3. The molecular formula is C8H12Cl2N2O2. The van der Waals surface area contributed by atoms with Gasteiger partial charge in [-0.15, -0.1) is 24.8 Å². The van der Waals surface area contributed by atoms with E-state index in [9.17, 15) is 4.79 Å². The smallest absolute Gasteiger partial charge is 0.325 e. The maximum Gasteiger partial charge on any atom is 0.325 e. The summed E-state index contributed by atoms with van der Waals surface area (Å²) >= 11 is 0. The van der Waals surface area contributed by atoms with Crippen LogP contribution in [0.1, 0.15) is 6.92 Å². The quantitative estimate of drug-likeness (QED) is 0.844. The van der Waals surface area contributed by atoms with Gasteiger partial charge in [-0.1, -0.05) is 6.07 Å². The minimum absolute atomic E-state index is 0. The second kappa shape index (κ2) is 7.41. The molecular weight excluding hydrogens is 227 g/mol. The van der Waals surface area contributed by atoms with Gasteiger partial charge in [0, 0.05) is 6.20 Å². The number of anilines is 1. The molecule has 0 amide bonds. The molecule has 4 nitrogen and oxygen atoms in total. The fraction of sp³-hybridized carbons (Fsp3) is 0.250. The molecule has 0 radical (unpaired) electrons. The van der Waals surface area contributed by atoms with Crippen LogP contribution in [0.5, 0.6) is 0 Å². The van der Waals surface area contributed by atoms with Gasteiger partial charge in [-0.25, -0.2) is 4.98 Å². The number of aromatic nitrogens is 1. The molecule has 0 aromatic carbocycles. The van der Waals surface area contributed by atoms with Crippen molar-refractivity contribution in [3.63, 3.8) is 0 Å². The lowest BCUT2D eigenvalue weighted by molar-refractivity contribution is -0.137. The lowest BCUT2D eigenvalue weighted by Gasteiger charge is -2.08. The standard InChI is InChI=1S/C8H10N2O2.2ClH/c1-6(8(11)12)10-7-4-2-3-5-9-7;;/h2-6H,1H3,(H,9,10)(H,11,12);2*1H. The highest BCUT2D eigenvalue weighted by Crippen LogP contribution is 2.01. The molecule has 0 aliphatic carbocycles. The van der Waals surface area contributed by atoms with Gasteiger partial charge < -0.3 is 10.4 Å². The summed E-state index contributed by atoms with van der Waals surface area (Å²) in [6.07, 6.45) is 1.61. The number of hydrogen-bond donors (Lipinski definition) is 2. The van der Waals surface area contributed by atoms with Crippen molar-refractivity contribution in [2.45, 2.75) is 13.0 Å². The lowest BCUT2D eigenvalue weighted by atomic mass is 10.3. The summed E-state index contributed by atoms with van der Waals surface area (Å²) in [5, 5.41) is 11.3. The van der Waals surface area contributed by atoms with Gasteiger partial charge in [-0.2, -0.15) is 0 Å². The summed E-state index contributed by atoms with van der Waals surface area (Å²) in [6.45, 7) is 1.57. The Kier molecular flexibility index (Phi) is 8.19.